The van der Waals surface area contributed by atoms with Gasteiger partial charge in [-0.15, -0.1) is 0 Å². The molecule has 16 heavy (non-hydrogen) atoms. The minimum absolute atomic E-state index is 0.129. The molecular formula is C8H12F3NO4. The van der Waals surface area contributed by atoms with Gasteiger partial charge in [0.25, 0.3) is 0 Å². The molecule has 0 saturated carbocycles. The van der Waals surface area contributed by atoms with E-state index in [0.717, 1.165) is 7.05 Å². The van der Waals surface area contributed by atoms with Crippen molar-refractivity contribution < 1.29 is 32.2 Å². The van der Waals surface area contributed by atoms with Gasteiger partial charge in [-0.3, -0.25) is 4.79 Å². The van der Waals surface area contributed by atoms with Gasteiger partial charge in [0.2, 0.25) is 0 Å². The van der Waals surface area contributed by atoms with E-state index < -0.39 is 31.4 Å². The molecule has 0 fully saturated rings. The number of esters is 1. The molecule has 94 valence electrons. The van der Waals surface area contributed by atoms with Crippen molar-refractivity contribution in [2.45, 2.75) is 13.1 Å². The third-order valence-corrected chi connectivity index (χ3v) is 1.34. The number of nitrogens with zero attached hydrogens (tertiary/aromatic N) is 1. The van der Waals surface area contributed by atoms with E-state index in [-0.39, 0.29) is 6.61 Å². The van der Waals surface area contributed by atoms with Crippen LogP contribution in [-0.2, 0) is 14.3 Å². The molecule has 0 rings (SSSR count). The van der Waals surface area contributed by atoms with E-state index in [1.807, 2.05) is 0 Å². The van der Waals surface area contributed by atoms with Crippen molar-refractivity contribution in [3.05, 3.63) is 0 Å². The summed E-state index contributed by atoms with van der Waals surface area (Å²) in [6.45, 7) is -0.437. The van der Waals surface area contributed by atoms with E-state index >= 15 is 0 Å². The molecule has 0 aliphatic carbocycles. The van der Waals surface area contributed by atoms with Crippen molar-refractivity contribution in [1.29, 1.82) is 0 Å². The van der Waals surface area contributed by atoms with Crippen LogP contribution in [0.2, 0.25) is 0 Å². The van der Waals surface area contributed by atoms with E-state index in [1.54, 1.807) is 6.92 Å². The zero-order chi connectivity index (χ0) is 12.8. The third kappa shape index (κ3) is 6.91. The molecule has 0 aromatic heterocycles. The lowest BCUT2D eigenvalue weighted by molar-refractivity contribution is -0.162. The molecule has 0 aliphatic rings. The van der Waals surface area contributed by atoms with E-state index in [4.69, 9.17) is 0 Å². The number of carbonyl (C=O) groups is 2. The van der Waals surface area contributed by atoms with Gasteiger partial charge in [-0.25, -0.2) is 4.79 Å². The van der Waals surface area contributed by atoms with Crippen molar-refractivity contribution in [2.24, 2.45) is 0 Å². The molecule has 0 unspecified atom stereocenters. The van der Waals surface area contributed by atoms with Crippen molar-refractivity contribution in [3.8, 4) is 0 Å². The summed E-state index contributed by atoms with van der Waals surface area (Å²) >= 11 is 0. The van der Waals surface area contributed by atoms with E-state index in [1.165, 1.54) is 0 Å². The third-order valence-electron chi connectivity index (χ3n) is 1.34. The van der Waals surface area contributed by atoms with Crippen LogP contribution in [0.1, 0.15) is 6.92 Å². The molecule has 0 atom stereocenters. The Kier molecular flexibility index (Phi) is 5.62. The highest BCUT2D eigenvalue weighted by Crippen LogP contribution is 2.14. The minimum Gasteiger partial charge on any atom is -0.465 e. The molecule has 0 radical (unpaired) electrons. The number of alkyl halides is 3. The van der Waals surface area contributed by atoms with Crippen LogP contribution in [0.3, 0.4) is 0 Å². The Morgan fingerprint density at radius 1 is 1.25 bits per heavy atom. The van der Waals surface area contributed by atoms with Crippen molar-refractivity contribution in [3.63, 3.8) is 0 Å². The zero-order valence-corrected chi connectivity index (χ0v) is 8.84. The first-order chi connectivity index (χ1) is 7.26. The van der Waals surface area contributed by atoms with Gasteiger partial charge >= 0.3 is 18.2 Å². The van der Waals surface area contributed by atoms with E-state index in [0.29, 0.717) is 4.90 Å². The largest absolute Gasteiger partial charge is 0.465 e. The molecule has 0 heterocycles. The highest BCUT2D eigenvalue weighted by Gasteiger charge is 2.30. The van der Waals surface area contributed by atoms with Crippen LogP contribution in [-0.4, -0.2) is 49.9 Å². The number of hydrogen-bond acceptors (Lipinski definition) is 4. The fourth-order valence-corrected chi connectivity index (χ4v) is 0.719. The lowest BCUT2D eigenvalue weighted by Crippen LogP contribution is -2.35. The molecule has 0 bridgehead atoms. The van der Waals surface area contributed by atoms with Crippen LogP contribution >= 0.6 is 0 Å². The fourth-order valence-electron chi connectivity index (χ4n) is 0.719. The second-order valence-electron chi connectivity index (χ2n) is 2.83. The number of carbonyl (C=O) groups excluding carboxylic acids is 2. The fraction of sp³-hybridized carbons (Fsp3) is 0.750. The predicted octanol–water partition coefficient (Wildman–Crippen LogP) is 1.18. The summed E-state index contributed by atoms with van der Waals surface area (Å²) in [6.07, 6.45) is -5.81. The number of likely N-dealkylation sites (N-methyl/N-ethyl adjacent to an activating group) is 1. The van der Waals surface area contributed by atoms with Crippen LogP contribution in [0.4, 0.5) is 18.0 Å². The SMILES string of the molecule is CCOC(=O)CN(C)C(=O)OCC(F)(F)F. The molecule has 0 saturated heterocycles. The van der Waals surface area contributed by atoms with Gasteiger partial charge in [0.05, 0.1) is 6.61 Å². The number of halogens is 3. The summed E-state index contributed by atoms with van der Waals surface area (Å²) in [5, 5.41) is 0. The average Bonchev–Trinajstić information content (AvgIpc) is 2.13. The monoisotopic (exact) mass is 243 g/mol. The molecule has 8 heteroatoms. The van der Waals surface area contributed by atoms with Gasteiger partial charge in [0.1, 0.15) is 6.54 Å². The molecule has 0 spiro atoms. The van der Waals surface area contributed by atoms with E-state index in [9.17, 15) is 22.8 Å². The number of amides is 1. The standard InChI is InChI=1S/C8H12F3NO4/c1-3-15-6(13)4-12(2)7(14)16-5-8(9,10)11/h3-5H2,1-2H3. The summed E-state index contributed by atoms with van der Waals surface area (Å²) in [5.41, 5.74) is 0. The first-order valence-electron chi connectivity index (χ1n) is 4.36. The maximum atomic E-state index is 11.7. The van der Waals surface area contributed by atoms with Gasteiger partial charge < -0.3 is 14.4 Å². The smallest absolute Gasteiger partial charge is 0.422 e. The lowest BCUT2D eigenvalue weighted by atomic mass is 10.6. The quantitative estimate of drug-likeness (QED) is 0.696. The van der Waals surface area contributed by atoms with Gasteiger partial charge in [-0.1, -0.05) is 0 Å². The Morgan fingerprint density at radius 3 is 2.25 bits per heavy atom. The summed E-state index contributed by atoms with van der Waals surface area (Å²) < 4.78 is 43.4. The Bertz CT molecular complexity index is 254. The Balaban J connectivity index is 3.95. The highest BCUT2D eigenvalue weighted by molar-refractivity contribution is 5.77. The normalized spacial score (nSPS) is 10.8. The summed E-state index contributed by atoms with van der Waals surface area (Å²) in [6, 6.07) is 0. The summed E-state index contributed by atoms with van der Waals surface area (Å²) in [5.74, 6) is -0.714. The number of ether oxygens (including phenoxy) is 2. The predicted molar refractivity (Wildman–Crippen MR) is 46.7 cm³/mol. The zero-order valence-electron chi connectivity index (χ0n) is 8.84. The average molecular weight is 243 g/mol. The van der Waals surface area contributed by atoms with Crippen LogP contribution in [0, 0.1) is 0 Å². The molecular weight excluding hydrogens is 231 g/mol. The summed E-state index contributed by atoms with van der Waals surface area (Å²) in [7, 11) is 1.13. The summed E-state index contributed by atoms with van der Waals surface area (Å²) in [4.78, 5) is 22.5. The molecule has 0 aromatic carbocycles. The first-order valence-corrected chi connectivity index (χ1v) is 4.36. The second-order valence-corrected chi connectivity index (χ2v) is 2.83. The molecule has 5 nitrogen and oxygen atoms in total. The Morgan fingerprint density at radius 2 is 1.81 bits per heavy atom. The van der Waals surface area contributed by atoms with Crippen molar-refractivity contribution >= 4 is 12.1 Å². The van der Waals surface area contributed by atoms with Crippen molar-refractivity contribution in [2.75, 3.05) is 26.8 Å². The van der Waals surface area contributed by atoms with Crippen LogP contribution in [0.15, 0.2) is 0 Å². The van der Waals surface area contributed by atoms with Gasteiger partial charge in [-0.05, 0) is 6.92 Å². The van der Waals surface area contributed by atoms with Crippen LogP contribution in [0.25, 0.3) is 0 Å². The topological polar surface area (TPSA) is 55.8 Å². The highest BCUT2D eigenvalue weighted by atomic mass is 19.4. The van der Waals surface area contributed by atoms with Crippen LogP contribution in [0.5, 0.6) is 0 Å². The van der Waals surface area contributed by atoms with Crippen LogP contribution < -0.4 is 0 Å². The minimum atomic E-state index is -4.58. The van der Waals surface area contributed by atoms with Crippen molar-refractivity contribution in [1.82, 2.24) is 4.90 Å². The molecule has 0 N–H and O–H groups in total. The maximum Gasteiger partial charge on any atom is 0.422 e. The number of hydrogen-bond donors (Lipinski definition) is 0. The molecule has 0 aliphatic heterocycles. The van der Waals surface area contributed by atoms with E-state index in [2.05, 4.69) is 9.47 Å². The molecule has 0 aromatic rings. The second kappa shape index (κ2) is 6.19. The van der Waals surface area contributed by atoms with Gasteiger partial charge in [-0.2, -0.15) is 13.2 Å². The Hall–Kier alpha value is -1.47. The first kappa shape index (κ1) is 14.5. The number of rotatable bonds is 4. The molecule has 1 amide bonds. The van der Waals surface area contributed by atoms with Gasteiger partial charge in [0, 0.05) is 7.05 Å². The maximum absolute atomic E-state index is 11.7. The Labute approximate surface area is 90.1 Å². The lowest BCUT2D eigenvalue weighted by Gasteiger charge is -2.16. The van der Waals surface area contributed by atoms with Gasteiger partial charge in [0.15, 0.2) is 6.61 Å².